The Morgan fingerprint density at radius 2 is 1.70 bits per heavy atom. The van der Waals surface area contributed by atoms with Gasteiger partial charge in [-0.25, -0.2) is 4.79 Å². The van der Waals surface area contributed by atoms with Crippen molar-refractivity contribution in [2.24, 2.45) is 0 Å². The first-order valence-corrected chi connectivity index (χ1v) is 11.9. The fourth-order valence-electron chi connectivity index (χ4n) is 5.57. The maximum Gasteiger partial charge on any atom is 0.327 e. The molecule has 2 aliphatic heterocycles. The number of carbonyl (C=O) groups excluding carboxylic acids is 2. The molecule has 1 unspecified atom stereocenters. The highest BCUT2D eigenvalue weighted by Gasteiger charge is 2.56. The molecule has 1 atom stereocenters. The van der Waals surface area contributed by atoms with Gasteiger partial charge in [0.05, 0.1) is 0 Å². The lowest BCUT2D eigenvalue weighted by Crippen LogP contribution is -2.57. The molecular formula is C27H32N4O2. The highest BCUT2D eigenvalue weighted by molar-refractivity contribution is 6.06. The van der Waals surface area contributed by atoms with Crippen LogP contribution in [0.1, 0.15) is 37.3 Å². The summed E-state index contributed by atoms with van der Waals surface area (Å²) in [4.78, 5) is 35.2. The van der Waals surface area contributed by atoms with Gasteiger partial charge in [0, 0.05) is 49.8 Å². The molecule has 1 N–H and O–H groups in total. The number of amides is 3. The van der Waals surface area contributed by atoms with Gasteiger partial charge in [0.25, 0.3) is 5.91 Å². The van der Waals surface area contributed by atoms with Crippen LogP contribution in [0.3, 0.4) is 0 Å². The van der Waals surface area contributed by atoms with Gasteiger partial charge in [-0.15, -0.1) is 0 Å². The van der Waals surface area contributed by atoms with Crippen molar-refractivity contribution in [3.63, 3.8) is 0 Å². The van der Waals surface area contributed by atoms with Crippen LogP contribution in [0.4, 0.5) is 4.79 Å². The van der Waals surface area contributed by atoms with Crippen LogP contribution in [0.2, 0.25) is 0 Å². The summed E-state index contributed by atoms with van der Waals surface area (Å²) in [5, 5.41) is 1.30. The molecule has 0 aliphatic carbocycles. The Kier molecular flexibility index (Phi) is 5.71. The minimum Gasteiger partial charge on any atom is -0.361 e. The van der Waals surface area contributed by atoms with Crippen LogP contribution in [0.15, 0.2) is 60.8 Å². The Morgan fingerprint density at radius 1 is 1.00 bits per heavy atom. The largest absolute Gasteiger partial charge is 0.361 e. The second kappa shape index (κ2) is 8.67. The van der Waals surface area contributed by atoms with Gasteiger partial charge in [-0.1, -0.05) is 48.5 Å². The lowest BCUT2D eigenvalue weighted by molar-refractivity contribution is -0.135. The summed E-state index contributed by atoms with van der Waals surface area (Å²) in [6.45, 7) is 4.41. The predicted octanol–water partition coefficient (Wildman–Crippen LogP) is 4.42. The van der Waals surface area contributed by atoms with Gasteiger partial charge in [0.15, 0.2) is 0 Å². The molecule has 3 aromatic rings. The molecule has 6 nitrogen and oxygen atoms in total. The average Bonchev–Trinajstić information content (AvgIpc) is 3.34. The minimum atomic E-state index is -0.714. The lowest BCUT2D eigenvalue weighted by Gasteiger charge is -2.44. The summed E-state index contributed by atoms with van der Waals surface area (Å²) in [5.74, 6) is -0.0467. The number of H-pyrrole nitrogens is 1. The molecule has 3 amide bonds. The van der Waals surface area contributed by atoms with E-state index in [9.17, 15) is 9.59 Å². The van der Waals surface area contributed by atoms with Gasteiger partial charge in [0.1, 0.15) is 5.54 Å². The Balaban J connectivity index is 1.25. The zero-order chi connectivity index (χ0) is 23.0. The van der Waals surface area contributed by atoms with Crippen molar-refractivity contribution < 1.29 is 9.59 Å². The molecule has 172 valence electrons. The number of likely N-dealkylation sites (N-methyl/N-ethyl adjacent to an activating group) is 1. The smallest absolute Gasteiger partial charge is 0.327 e. The molecule has 0 radical (unpaired) electrons. The molecule has 3 heterocycles. The first kappa shape index (κ1) is 21.7. The number of nitrogens with zero attached hydrogens (tertiary/aromatic N) is 3. The van der Waals surface area contributed by atoms with Crippen LogP contribution in [0.5, 0.6) is 0 Å². The van der Waals surface area contributed by atoms with Gasteiger partial charge in [-0.3, -0.25) is 9.69 Å². The third kappa shape index (κ3) is 3.82. The molecule has 33 heavy (non-hydrogen) atoms. The summed E-state index contributed by atoms with van der Waals surface area (Å²) in [6, 6.07) is 18.6. The maximum absolute atomic E-state index is 13.2. The number of urea groups is 1. The monoisotopic (exact) mass is 444 g/mol. The molecule has 0 saturated carbocycles. The fourth-order valence-corrected chi connectivity index (χ4v) is 5.57. The second-order valence-corrected chi connectivity index (χ2v) is 9.53. The fraction of sp³-hybridized carbons (Fsp3) is 0.407. The summed E-state index contributed by atoms with van der Waals surface area (Å²) in [5.41, 5.74) is 2.89. The normalized spacial score (nSPS) is 19.7. The van der Waals surface area contributed by atoms with E-state index in [1.165, 1.54) is 21.4 Å². The average molecular weight is 445 g/mol. The number of nitrogens with one attached hydrogen (secondary N) is 1. The van der Waals surface area contributed by atoms with E-state index in [0.717, 1.165) is 31.5 Å². The van der Waals surface area contributed by atoms with Crippen molar-refractivity contribution in [3.8, 4) is 0 Å². The number of para-hydroxylation sites is 1. The quantitative estimate of drug-likeness (QED) is 0.573. The zero-order valence-electron chi connectivity index (χ0n) is 19.5. The topological polar surface area (TPSA) is 59.7 Å². The number of imide groups is 1. The minimum absolute atomic E-state index is 0.0467. The van der Waals surface area contributed by atoms with E-state index >= 15 is 0 Å². The van der Waals surface area contributed by atoms with Crippen LogP contribution >= 0.6 is 0 Å². The molecule has 0 bridgehead atoms. The molecule has 2 aliphatic rings. The standard InChI is InChI=1S/C27H32N4O2/c1-20(12-13-22-18-28-24-11-7-6-10-23(22)24)30-16-14-27(15-17-30)25(32)29(2)26(33)31(27)19-21-8-4-3-5-9-21/h3-11,18,20,28H,12-17,19H2,1-2H3. The molecule has 6 heteroatoms. The number of carbonyl (C=O) groups is 2. The molecule has 2 fully saturated rings. The maximum atomic E-state index is 13.2. The van der Waals surface area contributed by atoms with Crippen LogP contribution in [0, 0.1) is 0 Å². The Morgan fingerprint density at radius 3 is 2.45 bits per heavy atom. The molecule has 2 saturated heterocycles. The number of aryl methyl sites for hydroxylation is 1. The van der Waals surface area contributed by atoms with Crippen LogP contribution < -0.4 is 0 Å². The molecule has 1 aromatic heterocycles. The number of aromatic amines is 1. The van der Waals surface area contributed by atoms with E-state index in [2.05, 4.69) is 47.3 Å². The van der Waals surface area contributed by atoms with E-state index in [1.54, 1.807) is 7.05 Å². The van der Waals surface area contributed by atoms with E-state index in [4.69, 9.17) is 0 Å². The number of hydrogen-bond donors (Lipinski definition) is 1. The van der Waals surface area contributed by atoms with E-state index in [1.807, 2.05) is 35.2 Å². The predicted molar refractivity (Wildman–Crippen MR) is 130 cm³/mol. The van der Waals surface area contributed by atoms with E-state index in [0.29, 0.717) is 25.4 Å². The first-order chi connectivity index (χ1) is 16.0. The van der Waals surface area contributed by atoms with Crippen molar-refractivity contribution in [2.75, 3.05) is 20.1 Å². The Bertz CT molecular complexity index is 1150. The number of fused-ring (bicyclic) bond motifs is 1. The molecule has 1 spiro atoms. The zero-order valence-corrected chi connectivity index (χ0v) is 19.5. The Labute approximate surface area is 195 Å². The van der Waals surface area contributed by atoms with E-state index < -0.39 is 5.54 Å². The lowest BCUT2D eigenvalue weighted by atomic mass is 9.84. The van der Waals surface area contributed by atoms with Gasteiger partial charge >= 0.3 is 6.03 Å². The summed E-state index contributed by atoms with van der Waals surface area (Å²) in [6.07, 6.45) is 5.59. The van der Waals surface area contributed by atoms with Crippen molar-refractivity contribution in [2.45, 2.75) is 50.7 Å². The van der Waals surface area contributed by atoms with Crippen molar-refractivity contribution in [1.29, 1.82) is 0 Å². The highest BCUT2D eigenvalue weighted by Crippen LogP contribution is 2.38. The number of hydrogen-bond acceptors (Lipinski definition) is 3. The van der Waals surface area contributed by atoms with Gasteiger partial charge in [-0.2, -0.15) is 0 Å². The summed E-state index contributed by atoms with van der Waals surface area (Å²) in [7, 11) is 1.62. The SMILES string of the molecule is CC(CCc1c[nH]c2ccccc12)N1CCC2(CC1)C(=O)N(C)C(=O)N2Cc1ccccc1. The summed E-state index contributed by atoms with van der Waals surface area (Å²) < 4.78 is 0. The van der Waals surface area contributed by atoms with Crippen LogP contribution in [-0.2, 0) is 17.8 Å². The van der Waals surface area contributed by atoms with Gasteiger partial charge < -0.3 is 14.8 Å². The van der Waals surface area contributed by atoms with Gasteiger partial charge in [0.2, 0.25) is 0 Å². The number of likely N-dealkylation sites (tertiary alicyclic amines) is 1. The third-order valence-corrected chi connectivity index (χ3v) is 7.68. The van der Waals surface area contributed by atoms with Crippen molar-refractivity contribution in [1.82, 2.24) is 19.7 Å². The second-order valence-electron chi connectivity index (χ2n) is 9.53. The number of aromatic nitrogens is 1. The van der Waals surface area contributed by atoms with Crippen molar-refractivity contribution in [3.05, 3.63) is 71.9 Å². The number of piperidine rings is 1. The van der Waals surface area contributed by atoms with Gasteiger partial charge in [-0.05, 0) is 49.8 Å². The van der Waals surface area contributed by atoms with E-state index in [-0.39, 0.29) is 11.9 Å². The molecule has 5 rings (SSSR count). The highest BCUT2D eigenvalue weighted by atomic mass is 16.2. The van der Waals surface area contributed by atoms with Crippen molar-refractivity contribution >= 4 is 22.8 Å². The first-order valence-electron chi connectivity index (χ1n) is 11.9. The van der Waals surface area contributed by atoms with Crippen LogP contribution in [-0.4, -0.2) is 63.3 Å². The summed E-state index contributed by atoms with van der Waals surface area (Å²) >= 11 is 0. The third-order valence-electron chi connectivity index (χ3n) is 7.68. The number of benzene rings is 2. The Hall–Kier alpha value is -3.12. The van der Waals surface area contributed by atoms with Crippen LogP contribution in [0.25, 0.3) is 10.9 Å². The molecular weight excluding hydrogens is 412 g/mol. The molecule has 2 aromatic carbocycles. The number of rotatable bonds is 6.